The van der Waals surface area contributed by atoms with E-state index in [9.17, 15) is 32.7 Å². The fourth-order valence-corrected chi connectivity index (χ4v) is 10.1. The predicted octanol–water partition coefficient (Wildman–Crippen LogP) is 4.89. The third-order valence-electron chi connectivity index (χ3n) is 11.6. The highest BCUT2D eigenvalue weighted by atomic mass is 32.2. The molecular weight excluding hydrogens is 757 g/mol. The molecule has 1 saturated carbocycles. The van der Waals surface area contributed by atoms with E-state index in [0.717, 1.165) is 18.4 Å². The maximum atomic E-state index is 14.8. The maximum Gasteiger partial charge on any atom is 0.334 e. The van der Waals surface area contributed by atoms with Crippen molar-refractivity contribution in [3.05, 3.63) is 138 Å². The Morgan fingerprint density at radius 2 is 1.74 bits per heavy atom. The summed E-state index contributed by atoms with van der Waals surface area (Å²) in [6.45, 7) is 5.65. The topological polar surface area (TPSA) is 153 Å². The van der Waals surface area contributed by atoms with Gasteiger partial charge >= 0.3 is 6.03 Å². The number of carbonyl (C=O) groups excluding carboxylic acids is 4. The number of rotatable bonds is 12. The summed E-state index contributed by atoms with van der Waals surface area (Å²) >= 11 is 0. The average molecular weight is 803 g/mol. The van der Waals surface area contributed by atoms with Crippen molar-refractivity contribution in [1.82, 2.24) is 29.1 Å². The van der Waals surface area contributed by atoms with Gasteiger partial charge in [0.25, 0.3) is 0 Å². The summed E-state index contributed by atoms with van der Waals surface area (Å²) in [6, 6.07) is 21.5. The van der Waals surface area contributed by atoms with Crippen LogP contribution >= 0.6 is 0 Å². The summed E-state index contributed by atoms with van der Waals surface area (Å²) in [6.07, 6.45) is 8.98. The normalized spacial score (nSPS) is 22.5. The van der Waals surface area contributed by atoms with Gasteiger partial charge in [0, 0.05) is 50.0 Å². The molecule has 3 aromatic carbocycles. The number of fused-ring (bicyclic) bond motifs is 2. The molecule has 0 bridgehead atoms. The number of urea groups is 1. The van der Waals surface area contributed by atoms with Gasteiger partial charge in [-0.15, -0.1) is 6.58 Å². The van der Waals surface area contributed by atoms with Gasteiger partial charge in [0.05, 0.1) is 18.6 Å². The Hall–Kier alpha value is -5.99. The van der Waals surface area contributed by atoms with Crippen LogP contribution in [0.3, 0.4) is 0 Å². The molecule has 3 fully saturated rings. The quantitative estimate of drug-likeness (QED) is 0.192. The molecule has 4 amide bonds. The van der Waals surface area contributed by atoms with Crippen molar-refractivity contribution in [2.75, 3.05) is 19.6 Å². The Balaban J connectivity index is 1.16. The van der Waals surface area contributed by atoms with Crippen molar-refractivity contribution < 1.29 is 32.7 Å². The Morgan fingerprint density at radius 1 is 0.983 bits per heavy atom. The summed E-state index contributed by atoms with van der Waals surface area (Å²) < 4.78 is 29.2. The van der Waals surface area contributed by atoms with Crippen LogP contribution in [0.1, 0.15) is 42.9 Å². The number of ketones is 1. The third kappa shape index (κ3) is 7.22. The summed E-state index contributed by atoms with van der Waals surface area (Å²) in [5, 5.41) is 16.7. The predicted molar refractivity (Wildman–Crippen MR) is 218 cm³/mol. The number of aromatic hydroxyl groups is 1. The lowest BCUT2D eigenvalue weighted by Gasteiger charge is -2.55. The lowest BCUT2D eigenvalue weighted by atomic mass is 9.91. The lowest BCUT2D eigenvalue weighted by Crippen LogP contribution is -2.76. The van der Waals surface area contributed by atoms with E-state index in [1.165, 1.54) is 32.2 Å². The number of carbonyl (C=O) groups is 4. The summed E-state index contributed by atoms with van der Waals surface area (Å²) in [4.78, 5) is 59.2. The molecule has 3 atom stereocenters. The zero-order valence-corrected chi connectivity index (χ0v) is 33.1. The smallest absolute Gasteiger partial charge is 0.334 e. The number of piperazine rings is 1. The number of hydrogen-bond donors (Lipinski definition) is 2. The van der Waals surface area contributed by atoms with Crippen molar-refractivity contribution in [3.8, 4) is 5.75 Å². The number of aromatic nitrogens is 1. The van der Waals surface area contributed by atoms with Gasteiger partial charge in [0.2, 0.25) is 21.8 Å². The van der Waals surface area contributed by atoms with E-state index in [-0.39, 0.29) is 74.8 Å². The minimum Gasteiger partial charge on any atom is -0.508 e. The lowest BCUT2D eigenvalue weighted by molar-refractivity contribution is -0.189. The van der Waals surface area contributed by atoms with E-state index in [4.69, 9.17) is 0 Å². The van der Waals surface area contributed by atoms with Crippen molar-refractivity contribution in [2.45, 2.75) is 62.7 Å². The van der Waals surface area contributed by atoms with Gasteiger partial charge in [0.1, 0.15) is 22.7 Å². The molecule has 2 N–H and O–H groups in total. The molecule has 1 aromatic heterocycles. The molecule has 2 saturated heterocycles. The van der Waals surface area contributed by atoms with E-state index in [1.54, 1.807) is 71.5 Å². The second-order valence-corrected chi connectivity index (χ2v) is 17.9. The Bertz CT molecular complexity index is 2460. The van der Waals surface area contributed by atoms with Crippen LogP contribution in [-0.4, -0.2) is 97.5 Å². The first kappa shape index (κ1) is 38.9. The molecule has 0 spiro atoms. The molecule has 13 nitrogen and oxygen atoms in total. The highest BCUT2D eigenvalue weighted by Gasteiger charge is 2.51. The molecule has 14 heteroatoms. The number of nitrogens with zero attached hydrogens (tertiary/aromatic N) is 5. The Morgan fingerprint density at radius 3 is 2.47 bits per heavy atom. The standard InChI is InChI=1S/C44H46N6O7S/c1-3-22-47-29-39(52)49-37(24-30-14-18-36(51)19-15-30)42(54)46(28-38(49)50(47)43(55)45-26-31-9-5-4-6-10-31)27-35-12-7-11-32-20-23-48(40(32)35)58(56,57)44(2)21-8-13-34(25-44)41(53)33-16-17-33/h3-15,18-21,23,33,37-38,51H,1,16-17,22,24-29H2,2H3,(H,45,55)/t37-,38-,44?/m0/s1. The number of benzene rings is 3. The van der Waals surface area contributed by atoms with Gasteiger partial charge in [-0.2, -0.15) is 0 Å². The minimum atomic E-state index is -4.15. The van der Waals surface area contributed by atoms with Gasteiger partial charge in [-0.1, -0.05) is 85.0 Å². The number of nitrogens with one attached hydrogen (secondary N) is 1. The van der Waals surface area contributed by atoms with Crippen molar-refractivity contribution in [3.63, 3.8) is 0 Å². The maximum absolute atomic E-state index is 14.8. The van der Waals surface area contributed by atoms with Crippen LogP contribution in [0.25, 0.3) is 10.9 Å². The van der Waals surface area contributed by atoms with E-state index in [0.29, 0.717) is 27.6 Å². The highest BCUT2D eigenvalue weighted by molar-refractivity contribution is 7.91. The number of para-hydroxylation sites is 1. The van der Waals surface area contributed by atoms with Crippen LogP contribution in [0.15, 0.2) is 122 Å². The van der Waals surface area contributed by atoms with E-state index >= 15 is 0 Å². The van der Waals surface area contributed by atoms with Gasteiger partial charge in [0.15, 0.2) is 5.78 Å². The highest BCUT2D eigenvalue weighted by Crippen LogP contribution is 2.40. The SMILES string of the molecule is C=CCN1CC(=O)N2[C@@H](Cc3ccc(O)cc3)C(=O)N(Cc3cccc4ccn(S(=O)(=O)C5(C)C=CC=C(C(=O)C6CC6)C5)c34)C[C@@H]2N1C(=O)NCc1ccccc1. The van der Waals surface area contributed by atoms with Crippen molar-refractivity contribution >= 4 is 44.6 Å². The van der Waals surface area contributed by atoms with Crippen LogP contribution < -0.4 is 5.32 Å². The fourth-order valence-electron chi connectivity index (χ4n) is 8.37. The van der Waals surface area contributed by atoms with Crippen LogP contribution in [0, 0.1) is 5.92 Å². The zero-order valence-electron chi connectivity index (χ0n) is 32.2. The third-order valence-corrected chi connectivity index (χ3v) is 13.8. The summed E-state index contributed by atoms with van der Waals surface area (Å²) in [5.74, 6) is -0.695. The van der Waals surface area contributed by atoms with Gasteiger partial charge < -0.3 is 20.2 Å². The van der Waals surface area contributed by atoms with Gasteiger partial charge in [-0.25, -0.2) is 27.2 Å². The molecule has 4 aliphatic rings. The monoisotopic (exact) mass is 802 g/mol. The van der Waals surface area contributed by atoms with Gasteiger partial charge in [-0.3, -0.25) is 14.4 Å². The van der Waals surface area contributed by atoms with E-state index in [2.05, 4.69) is 11.9 Å². The molecule has 58 heavy (non-hydrogen) atoms. The summed E-state index contributed by atoms with van der Waals surface area (Å²) in [7, 11) is -4.15. The minimum absolute atomic E-state index is 0.000942. The number of phenols is 1. The zero-order chi connectivity index (χ0) is 40.8. The fraction of sp³-hybridized carbons (Fsp3) is 0.318. The Kier molecular flexibility index (Phi) is 10.3. The van der Waals surface area contributed by atoms with E-state index in [1.807, 2.05) is 36.4 Å². The average Bonchev–Trinajstić information content (AvgIpc) is 3.97. The molecular formula is C44H46N6O7S. The molecule has 2 aliphatic carbocycles. The molecule has 4 aromatic rings. The van der Waals surface area contributed by atoms with Crippen LogP contribution in [0.2, 0.25) is 0 Å². The summed E-state index contributed by atoms with van der Waals surface area (Å²) in [5.41, 5.74) is 3.03. The number of amides is 4. The molecule has 0 radical (unpaired) electrons. The molecule has 300 valence electrons. The Labute approximate surface area is 337 Å². The van der Waals surface area contributed by atoms with Crippen molar-refractivity contribution in [1.29, 1.82) is 0 Å². The second-order valence-electron chi connectivity index (χ2n) is 15.7. The first-order valence-corrected chi connectivity index (χ1v) is 20.9. The van der Waals surface area contributed by atoms with Gasteiger partial charge in [-0.05, 0) is 60.2 Å². The van der Waals surface area contributed by atoms with Crippen LogP contribution in [-0.2, 0) is 43.9 Å². The largest absolute Gasteiger partial charge is 0.508 e. The number of hydrazine groups is 1. The number of phenolic OH excluding ortho intramolecular Hbond substituents is 1. The van der Waals surface area contributed by atoms with Crippen LogP contribution in [0.5, 0.6) is 5.75 Å². The number of Topliss-reactive ketones (excluding diaryl/α,β-unsaturated/α-hetero) is 1. The van der Waals surface area contributed by atoms with Crippen LogP contribution in [0.4, 0.5) is 4.79 Å². The number of hydrogen-bond acceptors (Lipinski definition) is 8. The first-order chi connectivity index (χ1) is 27.9. The van der Waals surface area contributed by atoms with E-state index < -0.39 is 33.0 Å². The first-order valence-electron chi connectivity index (χ1n) is 19.5. The molecule has 8 rings (SSSR count). The molecule has 3 heterocycles. The number of allylic oxidation sites excluding steroid dienone is 3. The second kappa shape index (κ2) is 15.4. The molecule has 1 unspecified atom stereocenters. The van der Waals surface area contributed by atoms with Crippen molar-refractivity contribution in [2.24, 2.45) is 5.92 Å². The molecule has 2 aliphatic heterocycles.